The SMILES string of the molecule is CC(=O)N(NC(=O)c1ccccc1)c1cc(C2=NOC(c3cc(Cl)cc(Cl)c3)(C(F)(F)F)C2)ccc1Cl. The highest BCUT2D eigenvalue weighted by Crippen LogP contribution is 2.50. The molecule has 0 spiro atoms. The second-order valence-electron chi connectivity index (χ2n) is 8.12. The van der Waals surface area contributed by atoms with Gasteiger partial charge in [-0.25, -0.2) is 5.01 Å². The van der Waals surface area contributed by atoms with Crippen LogP contribution in [0.25, 0.3) is 0 Å². The molecule has 1 aliphatic heterocycles. The van der Waals surface area contributed by atoms with E-state index in [1.807, 2.05) is 0 Å². The highest BCUT2D eigenvalue weighted by Gasteiger charge is 2.62. The van der Waals surface area contributed by atoms with E-state index < -0.39 is 30.0 Å². The Bertz CT molecular complexity index is 1380. The lowest BCUT2D eigenvalue weighted by Gasteiger charge is -2.29. The fourth-order valence-electron chi connectivity index (χ4n) is 3.77. The van der Waals surface area contributed by atoms with Gasteiger partial charge in [-0.2, -0.15) is 13.2 Å². The maximum atomic E-state index is 14.3. The van der Waals surface area contributed by atoms with Crippen LogP contribution in [-0.4, -0.2) is 23.7 Å². The average Bonchev–Trinajstić information content (AvgIpc) is 3.30. The van der Waals surface area contributed by atoms with Crippen molar-refractivity contribution in [1.29, 1.82) is 0 Å². The van der Waals surface area contributed by atoms with Crippen LogP contribution < -0.4 is 10.4 Å². The lowest BCUT2D eigenvalue weighted by atomic mass is 9.86. The minimum atomic E-state index is -4.88. The summed E-state index contributed by atoms with van der Waals surface area (Å²) in [6, 6.07) is 15.8. The molecule has 192 valence electrons. The van der Waals surface area contributed by atoms with Crippen molar-refractivity contribution in [3.05, 3.63) is 98.5 Å². The molecule has 1 N–H and O–H groups in total. The van der Waals surface area contributed by atoms with Crippen LogP contribution in [-0.2, 0) is 15.2 Å². The normalized spacial score (nSPS) is 17.1. The van der Waals surface area contributed by atoms with Crippen LogP contribution in [0.1, 0.15) is 34.8 Å². The summed E-state index contributed by atoms with van der Waals surface area (Å²) in [7, 11) is 0. The summed E-state index contributed by atoms with van der Waals surface area (Å²) in [5.74, 6) is -1.18. The maximum absolute atomic E-state index is 14.3. The van der Waals surface area contributed by atoms with Crippen LogP contribution in [0.2, 0.25) is 15.1 Å². The lowest BCUT2D eigenvalue weighted by molar-refractivity contribution is -0.275. The van der Waals surface area contributed by atoms with Crippen LogP contribution >= 0.6 is 34.8 Å². The highest BCUT2D eigenvalue weighted by atomic mass is 35.5. The molecule has 3 aromatic rings. The van der Waals surface area contributed by atoms with Crippen LogP contribution in [0.4, 0.5) is 18.9 Å². The van der Waals surface area contributed by atoms with Gasteiger partial charge in [0.15, 0.2) is 0 Å². The van der Waals surface area contributed by atoms with Gasteiger partial charge in [0.25, 0.3) is 11.5 Å². The predicted octanol–water partition coefficient (Wildman–Crippen LogP) is 6.93. The quantitative estimate of drug-likeness (QED) is 0.346. The number of nitrogens with zero attached hydrogens (tertiary/aromatic N) is 2. The monoisotopic (exact) mass is 569 g/mol. The van der Waals surface area contributed by atoms with Gasteiger partial charge in [0.1, 0.15) is 0 Å². The van der Waals surface area contributed by atoms with Crippen molar-refractivity contribution in [3.8, 4) is 0 Å². The van der Waals surface area contributed by atoms with Gasteiger partial charge in [-0.15, -0.1) is 0 Å². The van der Waals surface area contributed by atoms with Gasteiger partial charge in [0, 0.05) is 40.1 Å². The standard InChI is InChI=1S/C25H17Cl3F3N3O3/c1-14(35)34(32-23(36)15-5-3-2-4-6-15)22-9-16(7-8-20(22)28)21-13-24(37-33-21,25(29,30)31)17-10-18(26)12-19(27)11-17/h2-12H,13H2,1H3,(H,32,36). The third-order valence-electron chi connectivity index (χ3n) is 5.60. The highest BCUT2D eigenvalue weighted by molar-refractivity contribution is 6.35. The van der Waals surface area contributed by atoms with Gasteiger partial charge in [-0.3, -0.25) is 15.0 Å². The van der Waals surface area contributed by atoms with E-state index in [0.29, 0.717) is 0 Å². The summed E-state index contributed by atoms with van der Waals surface area (Å²) in [4.78, 5) is 30.1. The van der Waals surface area contributed by atoms with Gasteiger partial charge < -0.3 is 4.84 Å². The number of carbonyl (C=O) groups is 2. The molecule has 3 aromatic carbocycles. The lowest BCUT2D eigenvalue weighted by Crippen LogP contribution is -2.45. The first kappa shape index (κ1) is 26.8. The second kappa shape index (κ2) is 10.2. The Balaban J connectivity index is 1.68. The molecule has 0 bridgehead atoms. The zero-order valence-electron chi connectivity index (χ0n) is 18.9. The largest absolute Gasteiger partial charge is 0.435 e. The molecule has 0 saturated heterocycles. The molecule has 1 unspecified atom stereocenters. The number of amides is 2. The number of rotatable bonds is 4. The molecule has 12 heteroatoms. The summed E-state index contributed by atoms with van der Waals surface area (Å²) in [5.41, 5.74) is -0.236. The number of benzene rings is 3. The molecule has 2 amide bonds. The number of anilines is 1. The second-order valence-corrected chi connectivity index (χ2v) is 9.40. The van der Waals surface area contributed by atoms with Crippen LogP contribution in [0.3, 0.4) is 0 Å². The van der Waals surface area contributed by atoms with Crippen molar-refractivity contribution >= 4 is 58.0 Å². The summed E-state index contributed by atoms with van der Waals surface area (Å²) in [6.07, 6.45) is -5.58. The average molecular weight is 571 g/mol. The Hall–Kier alpha value is -3.27. The molecule has 1 heterocycles. The van der Waals surface area contributed by atoms with Gasteiger partial charge in [-0.05, 0) is 42.5 Å². The third-order valence-corrected chi connectivity index (χ3v) is 6.36. The van der Waals surface area contributed by atoms with Gasteiger partial charge in [0.05, 0.1) is 16.4 Å². The van der Waals surface area contributed by atoms with E-state index in [0.717, 1.165) is 17.1 Å². The third kappa shape index (κ3) is 5.39. The van der Waals surface area contributed by atoms with Crippen molar-refractivity contribution in [3.63, 3.8) is 0 Å². The number of nitrogens with one attached hydrogen (secondary N) is 1. The number of alkyl halides is 3. The van der Waals surface area contributed by atoms with E-state index >= 15 is 0 Å². The number of oxime groups is 1. The number of hydrogen-bond acceptors (Lipinski definition) is 4. The summed E-state index contributed by atoms with van der Waals surface area (Å²) in [5, 5.41) is 4.70. The molecule has 0 radical (unpaired) electrons. The van der Waals surface area contributed by atoms with E-state index in [2.05, 4.69) is 10.6 Å². The van der Waals surface area contributed by atoms with E-state index in [4.69, 9.17) is 39.6 Å². The number of hydrazine groups is 1. The minimum Gasteiger partial charge on any atom is -0.374 e. The summed E-state index contributed by atoms with van der Waals surface area (Å²) in [6.45, 7) is 1.20. The maximum Gasteiger partial charge on any atom is 0.435 e. The fraction of sp³-hybridized carbons (Fsp3) is 0.160. The van der Waals surface area contributed by atoms with Crippen molar-refractivity contribution in [1.82, 2.24) is 5.43 Å². The topological polar surface area (TPSA) is 71.0 Å². The Labute approximate surface area is 224 Å². The van der Waals surface area contributed by atoms with E-state index in [-0.39, 0.29) is 43.2 Å². The minimum absolute atomic E-state index is 0.00297. The Kier molecular flexibility index (Phi) is 7.41. The molecule has 4 rings (SSSR count). The number of hydrogen-bond donors (Lipinski definition) is 1. The molecule has 0 aliphatic carbocycles. The van der Waals surface area contributed by atoms with Crippen LogP contribution in [0.5, 0.6) is 0 Å². The summed E-state index contributed by atoms with van der Waals surface area (Å²) >= 11 is 18.2. The first-order valence-electron chi connectivity index (χ1n) is 10.7. The zero-order valence-corrected chi connectivity index (χ0v) is 21.2. The van der Waals surface area contributed by atoms with E-state index in [1.54, 1.807) is 30.3 Å². The van der Waals surface area contributed by atoms with E-state index in [9.17, 15) is 22.8 Å². The molecule has 1 atom stereocenters. The molecule has 6 nitrogen and oxygen atoms in total. The number of halogens is 6. The molecular formula is C25H17Cl3F3N3O3. The first-order valence-corrected chi connectivity index (χ1v) is 11.8. The molecule has 1 aliphatic rings. The Morgan fingerprint density at radius 3 is 2.24 bits per heavy atom. The van der Waals surface area contributed by atoms with Crippen molar-refractivity contribution in [2.75, 3.05) is 5.01 Å². The van der Waals surface area contributed by atoms with Gasteiger partial charge >= 0.3 is 6.18 Å². The molecule has 0 aromatic heterocycles. The van der Waals surface area contributed by atoms with Crippen LogP contribution in [0, 0.1) is 0 Å². The predicted molar refractivity (Wildman–Crippen MR) is 135 cm³/mol. The van der Waals surface area contributed by atoms with Crippen molar-refractivity contribution in [2.45, 2.75) is 25.1 Å². The molecular weight excluding hydrogens is 554 g/mol. The molecule has 0 fully saturated rings. The number of carbonyl (C=O) groups excluding carboxylic acids is 2. The van der Waals surface area contributed by atoms with E-state index in [1.165, 1.54) is 31.2 Å². The first-order chi connectivity index (χ1) is 17.4. The van der Waals surface area contributed by atoms with Gasteiger partial charge in [-0.1, -0.05) is 64.2 Å². The van der Waals surface area contributed by atoms with Crippen molar-refractivity contribution in [2.24, 2.45) is 5.16 Å². The van der Waals surface area contributed by atoms with Gasteiger partial charge in [0.2, 0.25) is 5.91 Å². The van der Waals surface area contributed by atoms with Crippen LogP contribution in [0.15, 0.2) is 71.9 Å². The zero-order chi connectivity index (χ0) is 27.0. The Morgan fingerprint density at radius 2 is 1.65 bits per heavy atom. The molecule has 37 heavy (non-hydrogen) atoms. The molecule has 0 saturated carbocycles. The Morgan fingerprint density at radius 1 is 1.00 bits per heavy atom. The summed E-state index contributed by atoms with van der Waals surface area (Å²) < 4.78 is 43.0. The smallest absolute Gasteiger partial charge is 0.374 e. The fourth-order valence-corrected chi connectivity index (χ4v) is 4.50. The van der Waals surface area contributed by atoms with Crippen molar-refractivity contribution < 1.29 is 27.6 Å².